The highest BCUT2D eigenvalue weighted by Gasteiger charge is 2.11. The van der Waals surface area contributed by atoms with Crippen molar-refractivity contribution >= 4 is 11.6 Å². The molecule has 0 saturated carbocycles. The second-order valence-electron chi connectivity index (χ2n) is 3.87. The van der Waals surface area contributed by atoms with Crippen LogP contribution in [-0.4, -0.2) is 17.1 Å². The minimum absolute atomic E-state index is 0.240. The molecule has 2 rings (SSSR count). The highest BCUT2D eigenvalue weighted by atomic mass is 35.5. The first-order chi connectivity index (χ1) is 8.11. The van der Waals surface area contributed by atoms with Crippen LogP contribution in [0.25, 0.3) is 11.3 Å². The van der Waals surface area contributed by atoms with Crippen molar-refractivity contribution in [2.24, 2.45) is 0 Å². The number of aromatic nitrogens is 2. The van der Waals surface area contributed by atoms with E-state index < -0.39 is 0 Å². The van der Waals surface area contributed by atoms with Crippen LogP contribution in [-0.2, 0) is 0 Å². The molecule has 88 valence electrons. The summed E-state index contributed by atoms with van der Waals surface area (Å²) in [7, 11) is 1.65. The SMILES string of the molecule is COc1cc(C)cc(C)c1-c1ccnc(Cl)n1. The summed E-state index contributed by atoms with van der Waals surface area (Å²) in [6.07, 6.45) is 1.64. The molecule has 0 unspecified atom stereocenters. The van der Waals surface area contributed by atoms with E-state index in [2.05, 4.69) is 16.0 Å². The van der Waals surface area contributed by atoms with Gasteiger partial charge in [0.2, 0.25) is 5.28 Å². The van der Waals surface area contributed by atoms with Crippen LogP contribution in [0, 0.1) is 13.8 Å². The maximum absolute atomic E-state index is 5.81. The van der Waals surface area contributed by atoms with Crippen molar-refractivity contribution in [2.75, 3.05) is 7.11 Å². The van der Waals surface area contributed by atoms with E-state index in [0.29, 0.717) is 0 Å². The number of nitrogens with zero attached hydrogens (tertiary/aromatic N) is 2. The number of benzene rings is 1. The summed E-state index contributed by atoms with van der Waals surface area (Å²) in [4.78, 5) is 8.10. The first kappa shape index (κ1) is 11.9. The quantitative estimate of drug-likeness (QED) is 0.764. The van der Waals surface area contributed by atoms with Crippen molar-refractivity contribution in [2.45, 2.75) is 13.8 Å². The third-order valence-corrected chi connectivity index (χ3v) is 2.73. The lowest BCUT2D eigenvalue weighted by Gasteiger charge is -2.12. The number of aryl methyl sites for hydroxylation is 2. The van der Waals surface area contributed by atoms with Gasteiger partial charge >= 0.3 is 0 Å². The average molecular weight is 249 g/mol. The number of methoxy groups -OCH3 is 1. The zero-order chi connectivity index (χ0) is 12.4. The van der Waals surface area contributed by atoms with E-state index in [9.17, 15) is 0 Å². The minimum Gasteiger partial charge on any atom is -0.496 e. The summed E-state index contributed by atoms with van der Waals surface area (Å²) in [5.74, 6) is 0.803. The molecule has 17 heavy (non-hydrogen) atoms. The fraction of sp³-hybridized carbons (Fsp3) is 0.231. The van der Waals surface area contributed by atoms with Crippen LogP contribution in [0.15, 0.2) is 24.4 Å². The topological polar surface area (TPSA) is 35.0 Å². The summed E-state index contributed by atoms with van der Waals surface area (Å²) < 4.78 is 5.40. The molecule has 2 aromatic rings. The van der Waals surface area contributed by atoms with Crippen LogP contribution in [0.2, 0.25) is 5.28 Å². The highest BCUT2D eigenvalue weighted by Crippen LogP contribution is 2.33. The van der Waals surface area contributed by atoms with Crippen molar-refractivity contribution in [3.63, 3.8) is 0 Å². The van der Waals surface area contributed by atoms with Gasteiger partial charge in [-0.05, 0) is 48.7 Å². The van der Waals surface area contributed by atoms with E-state index in [4.69, 9.17) is 16.3 Å². The maximum Gasteiger partial charge on any atom is 0.222 e. The molecule has 0 aliphatic rings. The van der Waals surface area contributed by atoms with Gasteiger partial charge < -0.3 is 4.74 Å². The Bertz CT molecular complexity index is 555. The zero-order valence-electron chi connectivity index (χ0n) is 9.99. The van der Waals surface area contributed by atoms with E-state index in [1.54, 1.807) is 13.3 Å². The van der Waals surface area contributed by atoms with E-state index in [1.807, 2.05) is 26.0 Å². The number of hydrogen-bond acceptors (Lipinski definition) is 3. The minimum atomic E-state index is 0.240. The normalized spacial score (nSPS) is 10.4. The van der Waals surface area contributed by atoms with Gasteiger partial charge in [-0.1, -0.05) is 6.07 Å². The predicted octanol–water partition coefficient (Wildman–Crippen LogP) is 3.42. The summed E-state index contributed by atoms with van der Waals surface area (Å²) >= 11 is 5.81. The van der Waals surface area contributed by atoms with Crippen molar-refractivity contribution in [3.05, 3.63) is 40.8 Å². The molecule has 0 atom stereocenters. The summed E-state index contributed by atoms with van der Waals surface area (Å²) in [6.45, 7) is 4.06. The molecule has 0 amide bonds. The Hall–Kier alpha value is -1.61. The lowest BCUT2D eigenvalue weighted by molar-refractivity contribution is 0.415. The van der Waals surface area contributed by atoms with Crippen LogP contribution in [0.3, 0.4) is 0 Å². The second kappa shape index (κ2) is 4.72. The monoisotopic (exact) mass is 248 g/mol. The van der Waals surface area contributed by atoms with Crippen molar-refractivity contribution in [1.82, 2.24) is 9.97 Å². The van der Waals surface area contributed by atoms with E-state index in [0.717, 1.165) is 28.1 Å². The summed E-state index contributed by atoms with van der Waals surface area (Å²) in [6, 6.07) is 5.90. The highest BCUT2D eigenvalue weighted by molar-refractivity contribution is 6.28. The smallest absolute Gasteiger partial charge is 0.222 e. The van der Waals surface area contributed by atoms with Gasteiger partial charge in [0.1, 0.15) is 5.75 Å². The third-order valence-electron chi connectivity index (χ3n) is 2.55. The molecule has 0 saturated heterocycles. The van der Waals surface area contributed by atoms with Gasteiger partial charge in [0, 0.05) is 11.8 Å². The predicted molar refractivity (Wildman–Crippen MR) is 68.5 cm³/mol. The summed E-state index contributed by atoms with van der Waals surface area (Å²) in [5, 5.41) is 0.240. The molecule has 1 aromatic heterocycles. The van der Waals surface area contributed by atoms with Gasteiger partial charge in [0.05, 0.1) is 12.8 Å². The van der Waals surface area contributed by atoms with E-state index in [1.165, 1.54) is 0 Å². The van der Waals surface area contributed by atoms with E-state index in [-0.39, 0.29) is 5.28 Å². The molecule has 4 heteroatoms. The lowest BCUT2D eigenvalue weighted by Crippen LogP contribution is -1.95. The fourth-order valence-electron chi connectivity index (χ4n) is 1.89. The standard InChI is InChI=1S/C13H13ClN2O/c1-8-6-9(2)12(11(7-8)17-3)10-4-5-15-13(14)16-10/h4-7H,1-3H3. The molecule has 0 radical (unpaired) electrons. The van der Waals surface area contributed by atoms with Gasteiger partial charge in [-0.2, -0.15) is 0 Å². The maximum atomic E-state index is 5.81. The van der Waals surface area contributed by atoms with Crippen LogP contribution >= 0.6 is 11.6 Å². The lowest BCUT2D eigenvalue weighted by atomic mass is 10.0. The Morgan fingerprint density at radius 3 is 2.65 bits per heavy atom. The molecular weight excluding hydrogens is 236 g/mol. The van der Waals surface area contributed by atoms with Gasteiger partial charge in [-0.15, -0.1) is 0 Å². The van der Waals surface area contributed by atoms with Crippen LogP contribution in [0.4, 0.5) is 0 Å². The Morgan fingerprint density at radius 2 is 2.00 bits per heavy atom. The molecule has 0 aliphatic heterocycles. The van der Waals surface area contributed by atoms with Crippen molar-refractivity contribution < 1.29 is 4.74 Å². The first-order valence-corrected chi connectivity index (χ1v) is 5.64. The number of ether oxygens (including phenoxy) is 1. The number of halogens is 1. The van der Waals surface area contributed by atoms with Crippen molar-refractivity contribution in [1.29, 1.82) is 0 Å². The van der Waals surface area contributed by atoms with Crippen LogP contribution < -0.4 is 4.74 Å². The first-order valence-electron chi connectivity index (χ1n) is 5.26. The number of hydrogen-bond donors (Lipinski definition) is 0. The van der Waals surface area contributed by atoms with Gasteiger partial charge in [0.25, 0.3) is 0 Å². The Labute approximate surface area is 105 Å². The second-order valence-corrected chi connectivity index (χ2v) is 4.21. The molecule has 0 aliphatic carbocycles. The zero-order valence-corrected chi connectivity index (χ0v) is 10.7. The molecule has 0 bridgehead atoms. The van der Waals surface area contributed by atoms with Crippen LogP contribution in [0.1, 0.15) is 11.1 Å². The van der Waals surface area contributed by atoms with Gasteiger partial charge in [-0.3, -0.25) is 0 Å². The van der Waals surface area contributed by atoms with Crippen LogP contribution in [0.5, 0.6) is 5.75 Å². The molecule has 1 heterocycles. The van der Waals surface area contributed by atoms with E-state index >= 15 is 0 Å². The molecular formula is C13H13ClN2O. The Morgan fingerprint density at radius 1 is 1.24 bits per heavy atom. The Balaban J connectivity index is 2.66. The molecule has 3 nitrogen and oxygen atoms in total. The van der Waals surface area contributed by atoms with Gasteiger partial charge in [0.15, 0.2) is 0 Å². The molecule has 0 fully saturated rings. The molecule has 0 N–H and O–H groups in total. The van der Waals surface area contributed by atoms with Crippen molar-refractivity contribution in [3.8, 4) is 17.0 Å². The Kier molecular flexibility index (Phi) is 3.29. The molecule has 0 spiro atoms. The average Bonchev–Trinajstić information content (AvgIpc) is 2.27. The third kappa shape index (κ3) is 2.39. The summed E-state index contributed by atoms with van der Waals surface area (Å²) in [5.41, 5.74) is 4.00. The van der Waals surface area contributed by atoms with Gasteiger partial charge in [-0.25, -0.2) is 9.97 Å². The molecule has 1 aromatic carbocycles. The number of rotatable bonds is 2. The fourth-order valence-corrected chi connectivity index (χ4v) is 2.04. The largest absolute Gasteiger partial charge is 0.496 e.